The molecule has 0 unspecified atom stereocenters. The largest absolute Gasteiger partial charge is 0.256 e. The van der Waals surface area contributed by atoms with Gasteiger partial charge in [-0.25, -0.2) is 0 Å². The molecule has 0 fully saturated rings. The molecule has 11 aromatic rings. The van der Waals surface area contributed by atoms with Crippen molar-refractivity contribution in [3.05, 3.63) is 200 Å². The van der Waals surface area contributed by atoms with Gasteiger partial charge in [-0.05, 0) is 128 Å². The SMILES string of the molecule is c1ccc(-c2c3ccccc3c(-c3ccc4c(-c5ccc6ccccc6c5)c5ccccc5c(-c5ccc6ccccc6c5)c4c3)c3ccccc23)nc1. The molecular formula is C53H33N. The van der Waals surface area contributed by atoms with Crippen LogP contribution < -0.4 is 0 Å². The summed E-state index contributed by atoms with van der Waals surface area (Å²) in [7, 11) is 0. The Balaban J connectivity index is 1.28. The first-order valence-corrected chi connectivity index (χ1v) is 18.6. The molecule has 0 N–H and O–H groups in total. The summed E-state index contributed by atoms with van der Waals surface area (Å²) in [5, 5.41) is 14.8. The first-order chi connectivity index (χ1) is 26.8. The quantitative estimate of drug-likeness (QED) is 0.168. The Hall–Kier alpha value is -7.09. The van der Waals surface area contributed by atoms with Gasteiger partial charge in [0.15, 0.2) is 0 Å². The van der Waals surface area contributed by atoms with Crippen molar-refractivity contribution in [2.24, 2.45) is 0 Å². The number of fused-ring (bicyclic) bond motifs is 6. The van der Waals surface area contributed by atoms with E-state index >= 15 is 0 Å². The van der Waals surface area contributed by atoms with Crippen LogP contribution in [0, 0.1) is 0 Å². The van der Waals surface area contributed by atoms with Crippen LogP contribution in [-0.2, 0) is 0 Å². The van der Waals surface area contributed by atoms with E-state index in [1.807, 2.05) is 12.3 Å². The fraction of sp³-hybridized carbons (Fsp3) is 0. The maximum atomic E-state index is 4.85. The zero-order chi connectivity index (χ0) is 35.6. The van der Waals surface area contributed by atoms with Crippen LogP contribution in [0.1, 0.15) is 0 Å². The van der Waals surface area contributed by atoms with E-state index < -0.39 is 0 Å². The molecule has 0 atom stereocenters. The highest BCUT2D eigenvalue weighted by molar-refractivity contribution is 6.25. The number of hydrogen-bond donors (Lipinski definition) is 0. The fourth-order valence-corrected chi connectivity index (χ4v) is 8.87. The lowest BCUT2D eigenvalue weighted by molar-refractivity contribution is 1.34. The van der Waals surface area contributed by atoms with E-state index in [9.17, 15) is 0 Å². The first kappa shape index (κ1) is 30.5. The molecular weight excluding hydrogens is 651 g/mol. The molecule has 0 radical (unpaired) electrons. The molecule has 0 aliphatic heterocycles. The van der Waals surface area contributed by atoms with Crippen LogP contribution in [0.2, 0.25) is 0 Å². The third-order valence-electron chi connectivity index (χ3n) is 11.2. The van der Waals surface area contributed by atoms with Gasteiger partial charge in [-0.3, -0.25) is 4.98 Å². The van der Waals surface area contributed by atoms with Crippen LogP contribution in [0.15, 0.2) is 200 Å². The smallest absolute Gasteiger partial charge is 0.0714 e. The van der Waals surface area contributed by atoms with Crippen molar-refractivity contribution >= 4 is 64.6 Å². The van der Waals surface area contributed by atoms with Crippen LogP contribution in [0.3, 0.4) is 0 Å². The normalized spacial score (nSPS) is 11.7. The van der Waals surface area contributed by atoms with E-state index in [4.69, 9.17) is 4.98 Å². The predicted octanol–water partition coefficient (Wildman–Crippen LogP) is 14.7. The Labute approximate surface area is 313 Å². The summed E-state index contributed by atoms with van der Waals surface area (Å²) < 4.78 is 0. The van der Waals surface area contributed by atoms with Gasteiger partial charge >= 0.3 is 0 Å². The molecule has 250 valence electrons. The topological polar surface area (TPSA) is 12.9 Å². The molecule has 0 saturated heterocycles. The second kappa shape index (κ2) is 12.3. The summed E-state index contributed by atoms with van der Waals surface area (Å²) in [5.41, 5.74) is 9.57. The molecule has 11 rings (SSSR count). The second-order valence-corrected chi connectivity index (χ2v) is 14.2. The monoisotopic (exact) mass is 683 g/mol. The molecule has 0 saturated carbocycles. The summed E-state index contributed by atoms with van der Waals surface area (Å²) >= 11 is 0. The molecule has 1 heterocycles. The lowest BCUT2D eigenvalue weighted by Crippen LogP contribution is -1.94. The number of hydrogen-bond acceptors (Lipinski definition) is 1. The minimum atomic E-state index is 0.986. The summed E-state index contributed by atoms with van der Waals surface area (Å²) in [4.78, 5) is 4.85. The second-order valence-electron chi connectivity index (χ2n) is 14.2. The van der Waals surface area contributed by atoms with Gasteiger partial charge in [-0.2, -0.15) is 0 Å². The third-order valence-corrected chi connectivity index (χ3v) is 11.2. The van der Waals surface area contributed by atoms with E-state index in [1.54, 1.807) is 0 Å². The highest BCUT2D eigenvalue weighted by atomic mass is 14.7. The Bertz CT molecular complexity index is 3210. The molecule has 1 heteroatoms. The van der Waals surface area contributed by atoms with Crippen LogP contribution in [0.5, 0.6) is 0 Å². The van der Waals surface area contributed by atoms with Crippen LogP contribution in [0.4, 0.5) is 0 Å². The first-order valence-electron chi connectivity index (χ1n) is 18.6. The molecule has 0 aliphatic carbocycles. The number of rotatable bonds is 4. The number of benzene rings is 10. The average molecular weight is 684 g/mol. The van der Waals surface area contributed by atoms with Crippen LogP contribution in [0.25, 0.3) is 109 Å². The number of aromatic nitrogens is 1. The molecule has 0 bridgehead atoms. The molecule has 0 spiro atoms. The van der Waals surface area contributed by atoms with Gasteiger partial charge in [0.2, 0.25) is 0 Å². The fourth-order valence-electron chi connectivity index (χ4n) is 8.87. The summed E-state index contributed by atoms with van der Waals surface area (Å²) in [6.07, 6.45) is 1.89. The van der Waals surface area contributed by atoms with Crippen molar-refractivity contribution < 1.29 is 0 Å². The van der Waals surface area contributed by atoms with Gasteiger partial charge in [0.1, 0.15) is 0 Å². The van der Waals surface area contributed by atoms with E-state index in [0.29, 0.717) is 0 Å². The van der Waals surface area contributed by atoms with Crippen molar-refractivity contribution in [1.29, 1.82) is 0 Å². The van der Waals surface area contributed by atoms with E-state index in [2.05, 4.69) is 188 Å². The lowest BCUT2D eigenvalue weighted by Gasteiger charge is -2.21. The lowest BCUT2D eigenvalue weighted by atomic mass is 9.82. The Morgan fingerprint density at radius 3 is 1.09 bits per heavy atom. The zero-order valence-electron chi connectivity index (χ0n) is 29.5. The standard InChI is InChI=1S/C53H33N/c1-3-15-36-31-38(26-24-34(36)13-1)50-41-17-5-6-18-42(41)52(39-27-25-35-14-2-4-16-37(35)32-39)48-33-40(28-29-47(48)50)51-43-19-7-9-21-45(43)53(49-23-11-12-30-54-49)46-22-10-8-20-44(46)51/h1-33H. The summed E-state index contributed by atoms with van der Waals surface area (Å²) in [5.74, 6) is 0. The Morgan fingerprint density at radius 2 is 0.611 bits per heavy atom. The van der Waals surface area contributed by atoms with Crippen molar-refractivity contribution in [1.82, 2.24) is 4.98 Å². The van der Waals surface area contributed by atoms with E-state index in [1.165, 1.54) is 104 Å². The third kappa shape index (κ3) is 4.76. The molecule has 1 nitrogen and oxygen atoms in total. The Morgan fingerprint density at radius 1 is 0.241 bits per heavy atom. The van der Waals surface area contributed by atoms with E-state index in [0.717, 1.165) is 5.69 Å². The van der Waals surface area contributed by atoms with Gasteiger partial charge in [-0.1, -0.05) is 164 Å². The molecule has 0 aliphatic rings. The highest BCUT2D eigenvalue weighted by Gasteiger charge is 2.21. The average Bonchev–Trinajstić information content (AvgIpc) is 3.24. The molecule has 0 amide bonds. The maximum Gasteiger partial charge on any atom is 0.0714 e. The summed E-state index contributed by atoms with van der Waals surface area (Å²) in [6.45, 7) is 0. The van der Waals surface area contributed by atoms with Gasteiger partial charge in [-0.15, -0.1) is 0 Å². The zero-order valence-corrected chi connectivity index (χ0v) is 29.5. The highest BCUT2D eigenvalue weighted by Crippen LogP contribution is 2.48. The minimum absolute atomic E-state index is 0.986. The van der Waals surface area contributed by atoms with Crippen molar-refractivity contribution in [3.63, 3.8) is 0 Å². The summed E-state index contributed by atoms with van der Waals surface area (Å²) in [6, 6.07) is 71.2. The van der Waals surface area contributed by atoms with Crippen molar-refractivity contribution in [2.45, 2.75) is 0 Å². The Kier molecular flexibility index (Phi) is 6.93. The van der Waals surface area contributed by atoms with Crippen LogP contribution >= 0.6 is 0 Å². The van der Waals surface area contributed by atoms with E-state index in [-0.39, 0.29) is 0 Å². The van der Waals surface area contributed by atoms with Crippen molar-refractivity contribution in [3.8, 4) is 44.6 Å². The molecule has 54 heavy (non-hydrogen) atoms. The van der Waals surface area contributed by atoms with Gasteiger partial charge in [0.25, 0.3) is 0 Å². The predicted molar refractivity (Wildman–Crippen MR) is 231 cm³/mol. The molecule has 1 aromatic heterocycles. The maximum absolute atomic E-state index is 4.85. The van der Waals surface area contributed by atoms with Crippen LogP contribution in [-0.4, -0.2) is 4.98 Å². The number of pyridine rings is 1. The molecule has 10 aromatic carbocycles. The van der Waals surface area contributed by atoms with Crippen molar-refractivity contribution in [2.75, 3.05) is 0 Å². The minimum Gasteiger partial charge on any atom is -0.256 e. The van der Waals surface area contributed by atoms with Gasteiger partial charge < -0.3 is 0 Å². The van der Waals surface area contributed by atoms with Gasteiger partial charge in [0, 0.05) is 11.8 Å². The van der Waals surface area contributed by atoms with Gasteiger partial charge in [0.05, 0.1) is 5.69 Å². The number of nitrogens with zero attached hydrogens (tertiary/aromatic N) is 1.